The highest BCUT2D eigenvalue weighted by atomic mass is 16.7. The number of phenols is 3. The quantitative estimate of drug-likeness (QED) is 0.229. The standard InChI is InChI=1S/C21H20O12/c22-6-11-13(25)16(28)18(30)21(32-11)31-10-5-9(24)12-15(27)17(29)19(33-20(12)14(10)26)7-1-3-8(23)4-2-7/h1-5,11,13,16,18,21-26,28-30H,6H2/t11?,13-,16+,18?,21-/m1/s1. The van der Waals surface area contributed by atoms with Crippen LogP contribution in [-0.2, 0) is 4.74 Å². The molecule has 2 unspecified atom stereocenters. The van der Waals surface area contributed by atoms with Gasteiger partial charge in [0, 0.05) is 11.6 Å². The van der Waals surface area contributed by atoms with Gasteiger partial charge in [0.05, 0.1) is 6.61 Å². The third kappa shape index (κ3) is 3.79. The molecule has 12 nitrogen and oxygen atoms in total. The minimum Gasteiger partial charge on any atom is -0.508 e. The van der Waals surface area contributed by atoms with Crippen LogP contribution >= 0.6 is 0 Å². The lowest BCUT2D eigenvalue weighted by Crippen LogP contribution is -2.60. The van der Waals surface area contributed by atoms with Crippen molar-refractivity contribution in [3.05, 3.63) is 40.6 Å². The molecule has 1 aliphatic heterocycles. The van der Waals surface area contributed by atoms with Crippen molar-refractivity contribution >= 4 is 11.0 Å². The molecular formula is C21H20O12. The maximum Gasteiger partial charge on any atom is 0.238 e. The molecule has 0 aliphatic carbocycles. The molecule has 2 aromatic carbocycles. The van der Waals surface area contributed by atoms with Gasteiger partial charge in [0.2, 0.25) is 23.2 Å². The number of hydrogen-bond acceptors (Lipinski definition) is 12. The second-order valence-corrected chi connectivity index (χ2v) is 7.42. The topological polar surface area (TPSA) is 211 Å². The van der Waals surface area contributed by atoms with Gasteiger partial charge in [-0.15, -0.1) is 0 Å². The maximum absolute atomic E-state index is 12.7. The Kier molecular flexibility index (Phi) is 5.78. The Morgan fingerprint density at radius 2 is 1.58 bits per heavy atom. The van der Waals surface area contributed by atoms with Crippen LogP contribution in [0.15, 0.2) is 39.5 Å². The summed E-state index contributed by atoms with van der Waals surface area (Å²) < 4.78 is 16.0. The van der Waals surface area contributed by atoms with E-state index in [4.69, 9.17) is 13.9 Å². The van der Waals surface area contributed by atoms with E-state index in [1.807, 2.05) is 0 Å². The highest BCUT2D eigenvalue weighted by Crippen LogP contribution is 2.43. The number of rotatable bonds is 4. The van der Waals surface area contributed by atoms with Gasteiger partial charge in [-0.2, -0.15) is 0 Å². The molecule has 2 heterocycles. The molecule has 0 spiro atoms. The number of aromatic hydroxyl groups is 4. The van der Waals surface area contributed by atoms with E-state index in [0.717, 1.165) is 6.07 Å². The minimum absolute atomic E-state index is 0.0860. The van der Waals surface area contributed by atoms with Crippen LogP contribution in [0, 0.1) is 0 Å². The summed E-state index contributed by atoms with van der Waals surface area (Å²) in [5, 5.41) is 79.4. The first-order valence-electron chi connectivity index (χ1n) is 9.65. The molecule has 176 valence electrons. The Morgan fingerprint density at radius 3 is 2.21 bits per heavy atom. The Morgan fingerprint density at radius 1 is 0.909 bits per heavy atom. The summed E-state index contributed by atoms with van der Waals surface area (Å²) in [6.07, 6.45) is -8.19. The lowest BCUT2D eigenvalue weighted by Gasteiger charge is -2.39. The largest absolute Gasteiger partial charge is 0.508 e. The molecule has 0 bridgehead atoms. The third-order valence-corrected chi connectivity index (χ3v) is 5.28. The van der Waals surface area contributed by atoms with E-state index in [-0.39, 0.29) is 17.1 Å². The van der Waals surface area contributed by atoms with Crippen molar-refractivity contribution in [2.75, 3.05) is 6.61 Å². The highest BCUT2D eigenvalue weighted by Gasteiger charge is 2.45. The van der Waals surface area contributed by atoms with Crippen LogP contribution < -0.4 is 10.2 Å². The molecule has 5 atom stereocenters. The molecule has 0 saturated carbocycles. The van der Waals surface area contributed by atoms with Crippen LogP contribution in [0.25, 0.3) is 22.3 Å². The van der Waals surface area contributed by atoms with E-state index in [1.165, 1.54) is 24.3 Å². The van der Waals surface area contributed by atoms with Gasteiger partial charge in [-0.25, -0.2) is 0 Å². The van der Waals surface area contributed by atoms with Gasteiger partial charge in [0.15, 0.2) is 17.1 Å². The lowest BCUT2D eigenvalue weighted by atomic mass is 9.99. The second-order valence-electron chi connectivity index (χ2n) is 7.42. The number of phenolic OH excluding ortho intramolecular Hbond substituents is 3. The first kappa shape index (κ1) is 22.6. The summed E-state index contributed by atoms with van der Waals surface area (Å²) in [6, 6.07) is 6.02. The molecule has 1 aromatic heterocycles. The molecule has 4 rings (SSSR count). The molecule has 1 fully saturated rings. The van der Waals surface area contributed by atoms with E-state index in [1.54, 1.807) is 0 Å². The summed E-state index contributed by atoms with van der Waals surface area (Å²) in [6.45, 7) is -0.718. The molecule has 12 heteroatoms. The van der Waals surface area contributed by atoms with E-state index in [0.29, 0.717) is 0 Å². The van der Waals surface area contributed by atoms with Crippen LogP contribution in [0.5, 0.6) is 28.7 Å². The van der Waals surface area contributed by atoms with E-state index >= 15 is 0 Å². The van der Waals surface area contributed by atoms with Gasteiger partial charge in [-0.05, 0) is 24.3 Å². The van der Waals surface area contributed by atoms with Crippen LogP contribution in [-0.4, -0.2) is 78.2 Å². The minimum atomic E-state index is -1.81. The van der Waals surface area contributed by atoms with E-state index in [2.05, 4.69) is 0 Å². The predicted octanol–water partition coefficient (Wildman–Crippen LogP) is -0.539. The van der Waals surface area contributed by atoms with Crippen molar-refractivity contribution in [1.82, 2.24) is 0 Å². The summed E-state index contributed by atoms with van der Waals surface area (Å²) in [7, 11) is 0. The van der Waals surface area contributed by atoms with Crippen LogP contribution in [0.1, 0.15) is 0 Å². The first-order valence-corrected chi connectivity index (χ1v) is 9.65. The summed E-state index contributed by atoms with van der Waals surface area (Å²) in [5.74, 6) is -3.40. The van der Waals surface area contributed by atoms with Crippen molar-refractivity contribution in [3.8, 4) is 40.1 Å². The summed E-state index contributed by atoms with van der Waals surface area (Å²) in [4.78, 5) is 12.7. The lowest BCUT2D eigenvalue weighted by molar-refractivity contribution is -0.277. The fourth-order valence-electron chi connectivity index (χ4n) is 3.49. The molecule has 8 N–H and O–H groups in total. The van der Waals surface area contributed by atoms with Crippen molar-refractivity contribution in [2.24, 2.45) is 0 Å². The molecule has 0 amide bonds. The second kappa shape index (κ2) is 8.42. The monoisotopic (exact) mass is 464 g/mol. The molecular weight excluding hydrogens is 444 g/mol. The Bertz CT molecular complexity index is 1230. The summed E-state index contributed by atoms with van der Waals surface area (Å²) in [5.41, 5.74) is -1.46. The molecule has 1 saturated heterocycles. The van der Waals surface area contributed by atoms with Gasteiger partial charge >= 0.3 is 0 Å². The van der Waals surface area contributed by atoms with Crippen molar-refractivity contribution < 1.29 is 54.7 Å². The Balaban J connectivity index is 1.81. The zero-order chi connectivity index (χ0) is 24.0. The van der Waals surface area contributed by atoms with E-state index in [9.17, 15) is 45.6 Å². The third-order valence-electron chi connectivity index (χ3n) is 5.28. The fourth-order valence-corrected chi connectivity index (χ4v) is 3.49. The SMILES string of the molecule is O=c1c(O)c(-c2ccc(O)cc2)oc2c(O)c(O[C@@H]3OC(CO)[C@@H](O)[C@H](O)C3O)cc(O)c12. The van der Waals surface area contributed by atoms with Crippen LogP contribution in [0.4, 0.5) is 0 Å². The predicted molar refractivity (Wildman–Crippen MR) is 109 cm³/mol. The maximum atomic E-state index is 12.7. The van der Waals surface area contributed by atoms with Gasteiger partial charge in [0.25, 0.3) is 0 Å². The average molecular weight is 464 g/mol. The normalized spacial score (nSPS) is 25.3. The number of hydrogen-bond donors (Lipinski definition) is 8. The highest BCUT2D eigenvalue weighted by molar-refractivity contribution is 5.93. The van der Waals surface area contributed by atoms with Gasteiger partial charge in [-0.3, -0.25) is 4.79 Å². The summed E-state index contributed by atoms with van der Waals surface area (Å²) >= 11 is 0. The van der Waals surface area contributed by atoms with Crippen LogP contribution in [0.3, 0.4) is 0 Å². The number of aliphatic hydroxyl groups is 4. The van der Waals surface area contributed by atoms with Gasteiger partial charge < -0.3 is 54.7 Å². The number of ether oxygens (including phenoxy) is 2. The first-order chi connectivity index (χ1) is 15.6. The molecule has 1 aliphatic rings. The molecule has 33 heavy (non-hydrogen) atoms. The van der Waals surface area contributed by atoms with Crippen molar-refractivity contribution in [2.45, 2.75) is 30.7 Å². The number of aliphatic hydroxyl groups excluding tert-OH is 4. The van der Waals surface area contributed by atoms with Gasteiger partial charge in [0.1, 0.15) is 41.3 Å². The number of fused-ring (bicyclic) bond motifs is 1. The van der Waals surface area contributed by atoms with Crippen molar-refractivity contribution in [1.29, 1.82) is 0 Å². The Hall–Kier alpha value is -3.55. The van der Waals surface area contributed by atoms with Crippen molar-refractivity contribution in [3.63, 3.8) is 0 Å². The molecule has 3 aromatic rings. The average Bonchev–Trinajstić information content (AvgIpc) is 2.79. The zero-order valence-corrected chi connectivity index (χ0v) is 16.7. The van der Waals surface area contributed by atoms with Gasteiger partial charge in [-0.1, -0.05) is 0 Å². The Labute approximate surface area is 184 Å². The smallest absolute Gasteiger partial charge is 0.238 e. The number of benzene rings is 2. The molecule has 0 radical (unpaired) electrons. The van der Waals surface area contributed by atoms with E-state index < -0.39 is 76.7 Å². The van der Waals surface area contributed by atoms with Crippen LogP contribution in [0.2, 0.25) is 0 Å². The fraction of sp³-hybridized carbons (Fsp3) is 0.286. The zero-order valence-electron chi connectivity index (χ0n) is 16.7.